The highest BCUT2D eigenvalue weighted by atomic mass is 35.5. The monoisotopic (exact) mass is 345 g/mol. The van der Waals surface area contributed by atoms with Gasteiger partial charge in [-0.2, -0.15) is 0 Å². The van der Waals surface area contributed by atoms with E-state index in [-0.39, 0.29) is 6.03 Å². The Kier molecular flexibility index (Phi) is 4.79. The number of anilines is 1. The molecule has 0 radical (unpaired) electrons. The fourth-order valence-electron chi connectivity index (χ4n) is 2.17. The zero-order chi connectivity index (χ0) is 16.2. The zero-order valence-electron chi connectivity index (χ0n) is 12.6. The van der Waals surface area contributed by atoms with Crippen LogP contribution in [-0.2, 0) is 0 Å². The maximum atomic E-state index is 11.7. The third kappa shape index (κ3) is 3.63. The summed E-state index contributed by atoms with van der Waals surface area (Å²) in [4.78, 5) is 16.3. The molecule has 0 spiro atoms. The number of thiazole rings is 1. The van der Waals surface area contributed by atoms with Crippen LogP contribution in [0.4, 0.5) is 10.5 Å². The summed E-state index contributed by atoms with van der Waals surface area (Å²) in [6.07, 6.45) is 0.894. The van der Waals surface area contributed by atoms with Gasteiger partial charge >= 0.3 is 6.03 Å². The summed E-state index contributed by atoms with van der Waals surface area (Å²) in [6.45, 7) is 2.65. The number of nitrogens with zero attached hydrogens (tertiary/aromatic N) is 1. The molecule has 2 N–H and O–H groups in total. The second-order valence-corrected chi connectivity index (χ2v) is 6.50. The standard InChI is InChI=1S/C17H16ClN3OS/c1-2-9-19-17(22)20-11-7-8-12(13(18)10-11)16-21-14-5-3-4-6-15(14)23-16/h3-8,10H,2,9H2,1H3,(H2,19,20,22). The minimum Gasteiger partial charge on any atom is -0.338 e. The predicted octanol–water partition coefficient (Wildman–Crippen LogP) is 5.15. The van der Waals surface area contributed by atoms with E-state index in [9.17, 15) is 4.79 Å². The Morgan fingerprint density at radius 1 is 1.26 bits per heavy atom. The Labute approximate surface area is 143 Å². The zero-order valence-corrected chi connectivity index (χ0v) is 14.2. The number of halogens is 1. The molecule has 118 valence electrons. The van der Waals surface area contributed by atoms with Crippen molar-refractivity contribution < 1.29 is 4.79 Å². The highest BCUT2D eigenvalue weighted by molar-refractivity contribution is 7.21. The maximum absolute atomic E-state index is 11.7. The van der Waals surface area contributed by atoms with Gasteiger partial charge in [0.05, 0.1) is 15.2 Å². The van der Waals surface area contributed by atoms with Crippen LogP contribution in [0.5, 0.6) is 0 Å². The molecule has 0 atom stereocenters. The Hall–Kier alpha value is -2.11. The van der Waals surface area contributed by atoms with E-state index in [4.69, 9.17) is 11.6 Å². The lowest BCUT2D eigenvalue weighted by Gasteiger charge is -2.08. The first-order chi connectivity index (χ1) is 11.2. The second kappa shape index (κ2) is 6.98. The van der Waals surface area contributed by atoms with Crippen LogP contribution in [0.3, 0.4) is 0 Å². The van der Waals surface area contributed by atoms with Crippen molar-refractivity contribution in [2.24, 2.45) is 0 Å². The summed E-state index contributed by atoms with van der Waals surface area (Å²) in [5.41, 5.74) is 2.49. The number of hydrogen-bond donors (Lipinski definition) is 2. The number of carbonyl (C=O) groups is 1. The van der Waals surface area contributed by atoms with E-state index in [1.54, 1.807) is 17.4 Å². The summed E-state index contributed by atoms with van der Waals surface area (Å²) in [5.74, 6) is 0. The van der Waals surface area contributed by atoms with Crippen LogP contribution in [0.1, 0.15) is 13.3 Å². The van der Waals surface area contributed by atoms with Gasteiger partial charge in [-0.1, -0.05) is 30.7 Å². The Bertz CT molecular complexity index is 814. The average Bonchev–Trinajstić information content (AvgIpc) is 2.96. The van der Waals surface area contributed by atoms with Crippen molar-refractivity contribution in [3.8, 4) is 10.6 Å². The highest BCUT2D eigenvalue weighted by Crippen LogP contribution is 2.35. The van der Waals surface area contributed by atoms with Gasteiger partial charge in [-0.05, 0) is 36.8 Å². The van der Waals surface area contributed by atoms with E-state index in [2.05, 4.69) is 15.6 Å². The first kappa shape index (κ1) is 15.8. The van der Waals surface area contributed by atoms with Gasteiger partial charge in [0.15, 0.2) is 0 Å². The molecule has 0 unspecified atom stereocenters. The molecule has 0 aliphatic carbocycles. The molecule has 23 heavy (non-hydrogen) atoms. The number of benzene rings is 2. The van der Waals surface area contributed by atoms with E-state index in [1.807, 2.05) is 43.3 Å². The van der Waals surface area contributed by atoms with Crippen LogP contribution < -0.4 is 10.6 Å². The number of hydrogen-bond acceptors (Lipinski definition) is 3. The van der Waals surface area contributed by atoms with Crippen LogP contribution in [0.25, 0.3) is 20.8 Å². The molecule has 1 aromatic heterocycles. The Morgan fingerprint density at radius 2 is 2.09 bits per heavy atom. The molecule has 0 aliphatic heterocycles. The van der Waals surface area contributed by atoms with Crippen molar-refractivity contribution in [1.82, 2.24) is 10.3 Å². The van der Waals surface area contributed by atoms with Gasteiger partial charge in [-0.3, -0.25) is 0 Å². The molecule has 0 fully saturated rings. The lowest BCUT2D eigenvalue weighted by molar-refractivity contribution is 0.252. The summed E-state index contributed by atoms with van der Waals surface area (Å²) >= 11 is 7.97. The van der Waals surface area contributed by atoms with Crippen molar-refractivity contribution >= 4 is 44.9 Å². The molecule has 0 saturated carbocycles. The minimum atomic E-state index is -0.226. The molecule has 0 aliphatic rings. The van der Waals surface area contributed by atoms with Crippen molar-refractivity contribution in [2.75, 3.05) is 11.9 Å². The fraction of sp³-hybridized carbons (Fsp3) is 0.176. The van der Waals surface area contributed by atoms with E-state index < -0.39 is 0 Å². The largest absolute Gasteiger partial charge is 0.338 e. The van der Waals surface area contributed by atoms with Gasteiger partial charge in [0.25, 0.3) is 0 Å². The van der Waals surface area contributed by atoms with E-state index in [0.717, 1.165) is 27.2 Å². The lowest BCUT2D eigenvalue weighted by atomic mass is 10.2. The van der Waals surface area contributed by atoms with Crippen molar-refractivity contribution in [3.63, 3.8) is 0 Å². The molecule has 1 heterocycles. The number of amides is 2. The topological polar surface area (TPSA) is 54.0 Å². The summed E-state index contributed by atoms with van der Waals surface area (Å²) in [6, 6.07) is 13.2. The highest BCUT2D eigenvalue weighted by Gasteiger charge is 2.11. The lowest BCUT2D eigenvalue weighted by Crippen LogP contribution is -2.29. The number of urea groups is 1. The van der Waals surface area contributed by atoms with Crippen LogP contribution in [0, 0.1) is 0 Å². The quantitative estimate of drug-likeness (QED) is 0.687. The van der Waals surface area contributed by atoms with Crippen molar-refractivity contribution in [1.29, 1.82) is 0 Å². The smallest absolute Gasteiger partial charge is 0.319 e. The van der Waals surface area contributed by atoms with E-state index >= 15 is 0 Å². The van der Waals surface area contributed by atoms with Crippen LogP contribution in [-0.4, -0.2) is 17.6 Å². The third-order valence-electron chi connectivity index (χ3n) is 3.29. The molecule has 6 heteroatoms. The van der Waals surface area contributed by atoms with Crippen molar-refractivity contribution in [3.05, 3.63) is 47.5 Å². The predicted molar refractivity (Wildman–Crippen MR) is 97.4 cm³/mol. The third-order valence-corrected chi connectivity index (χ3v) is 4.67. The molecule has 2 aromatic carbocycles. The van der Waals surface area contributed by atoms with Gasteiger partial charge in [-0.15, -0.1) is 11.3 Å². The number of nitrogens with one attached hydrogen (secondary N) is 2. The van der Waals surface area contributed by atoms with E-state index in [0.29, 0.717) is 17.3 Å². The molecule has 4 nitrogen and oxygen atoms in total. The summed E-state index contributed by atoms with van der Waals surface area (Å²) in [5, 5.41) is 6.97. The molecular weight excluding hydrogens is 330 g/mol. The van der Waals surface area contributed by atoms with Crippen LogP contribution >= 0.6 is 22.9 Å². The number of carbonyl (C=O) groups excluding carboxylic acids is 1. The average molecular weight is 346 g/mol. The van der Waals surface area contributed by atoms with E-state index in [1.165, 1.54) is 0 Å². The number of para-hydroxylation sites is 1. The molecule has 2 amide bonds. The van der Waals surface area contributed by atoms with Gasteiger partial charge in [0.1, 0.15) is 5.01 Å². The van der Waals surface area contributed by atoms with Gasteiger partial charge < -0.3 is 10.6 Å². The molecular formula is C17H16ClN3OS. The summed E-state index contributed by atoms with van der Waals surface area (Å²) in [7, 11) is 0. The summed E-state index contributed by atoms with van der Waals surface area (Å²) < 4.78 is 1.12. The minimum absolute atomic E-state index is 0.226. The number of rotatable bonds is 4. The van der Waals surface area contributed by atoms with Crippen LogP contribution in [0.2, 0.25) is 5.02 Å². The maximum Gasteiger partial charge on any atom is 0.319 e. The van der Waals surface area contributed by atoms with Crippen molar-refractivity contribution in [2.45, 2.75) is 13.3 Å². The molecule has 0 saturated heterocycles. The first-order valence-corrected chi connectivity index (χ1v) is 8.57. The number of aromatic nitrogens is 1. The molecule has 3 aromatic rings. The number of fused-ring (bicyclic) bond motifs is 1. The normalized spacial score (nSPS) is 10.7. The van der Waals surface area contributed by atoms with Gasteiger partial charge in [-0.25, -0.2) is 9.78 Å². The van der Waals surface area contributed by atoms with Gasteiger partial charge in [0.2, 0.25) is 0 Å². The first-order valence-electron chi connectivity index (χ1n) is 7.37. The second-order valence-electron chi connectivity index (χ2n) is 5.06. The SMILES string of the molecule is CCCNC(=O)Nc1ccc(-c2nc3ccccc3s2)c(Cl)c1. The van der Waals surface area contributed by atoms with Gasteiger partial charge in [0, 0.05) is 17.8 Å². The molecule has 3 rings (SSSR count). The fourth-order valence-corrected chi connectivity index (χ4v) is 3.50. The Balaban J connectivity index is 1.83. The Morgan fingerprint density at radius 3 is 2.83 bits per heavy atom. The molecule has 0 bridgehead atoms. The van der Waals surface area contributed by atoms with Crippen LogP contribution in [0.15, 0.2) is 42.5 Å².